The summed E-state index contributed by atoms with van der Waals surface area (Å²) in [6.07, 6.45) is 1.85. The molecule has 1 atom stereocenters. The predicted octanol–water partition coefficient (Wildman–Crippen LogP) is 3.54. The summed E-state index contributed by atoms with van der Waals surface area (Å²) < 4.78 is 17.2. The van der Waals surface area contributed by atoms with E-state index in [0.717, 1.165) is 42.2 Å². The van der Waals surface area contributed by atoms with Gasteiger partial charge in [0.05, 0.1) is 31.1 Å². The normalized spacial score (nSPS) is 23.5. The number of oxime groups is 1. The lowest BCUT2D eigenvalue weighted by Crippen LogP contribution is -2.29. The van der Waals surface area contributed by atoms with Crippen LogP contribution in [0.25, 0.3) is 0 Å². The average molecular weight is 319 g/mol. The Hall–Kier alpha value is -1.75. The van der Waals surface area contributed by atoms with Gasteiger partial charge in [0.25, 0.3) is 0 Å². The van der Waals surface area contributed by atoms with Gasteiger partial charge in [0.15, 0.2) is 17.1 Å². The van der Waals surface area contributed by atoms with Gasteiger partial charge in [-0.05, 0) is 45.9 Å². The molecule has 1 fully saturated rings. The lowest BCUT2D eigenvalue weighted by Gasteiger charge is -2.19. The van der Waals surface area contributed by atoms with Gasteiger partial charge in [-0.2, -0.15) is 0 Å². The Kier molecular flexibility index (Phi) is 4.48. The Balaban J connectivity index is 1.82. The molecule has 126 valence electrons. The van der Waals surface area contributed by atoms with Crippen molar-refractivity contribution in [3.8, 4) is 11.5 Å². The second kappa shape index (κ2) is 6.40. The molecule has 1 aromatic carbocycles. The van der Waals surface area contributed by atoms with Crippen LogP contribution >= 0.6 is 0 Å². The second-order valence-electron chi connectivity index (χ2n) is 6.79. The number of ether oxygens (including phenoxy) is 3. The smallest absolute Gasteiger partial charge is 0.168 e. The third-order valence-electron chi connectivity index (χ3n) is 3.91. The van der Waals surface area contributed by atoms with E-state index in [1.165, 1.54) is 0 Å². The van der Waals surface area contributed by atoms with Crippen molar-refractivity contribution < 1.29 is 19.0 Å². The second-order valence-corrected chi connectivity index (χ2v) is 6.79. The van der Waals surface area contributed by atoms with Crippen LogP contribution < -0.4 is 9.47 Å². The van der Waals surface area contributed by atoms with Crippen molar-refractivity contribution in [2.45, 2.75) is 58.3 Å². The molecule has 0 amide bonds. The number of nitrogens with zero attached hydrogens (tertiary/aromatic N) is 1. The molecule has 0 saturated carbocycles. The summed E-state index contributed by atoms with van der Waals surface area (Å²) in [5.74, 6) is 1.51. The molecule has 1 aromatic rings. The minimum absolute atomic E-state index is 0.0797. The van der Waals surface area contributed by atoms with E-state index in [1.807, 2.05) is 45.9 Å². The molecule has 0 aliphatic carbocycles. The molecule has 2 aliphatic rings. The van der Waals surface area contributed by atoms with Gasteiger partial charge in [-0.3, -0.25) is 0 Å². The van der Waals surface area contributed by atoms with Gasteiger partial charge in [-0.1, -0.05) is 5.16 Å². The summed E-state index contributed by atoms with van der Waals surface area (Å²) in [4.78, 5) is 5.68. The highest BCUT2D eigenvalue weighted by molar-refractivity contribution is 6.02. The molecule has 1 unspecified atom stereocenters. The highest BCUT2D eigenvalue weighted by atomic mass is 16.7. The first kappa shape index (κ1) is 16.1. The molecule has 2 aliphatic heterocycles. The van der Waals surface area contributed by atoms with Crippen LogP contribution in [0.2, 0.25) is 0 Å². The van der Waals surface area contributed by atoms with E-state index >= 15 is 0 Å². The number of hydrogen-bond donors (Lipinski definition) is 0. The van der Waals surface area contributed by atoms with Crippen LogP contribution in [0.1, 0.15) is 46.1 Å². The molecule has 0 N–H and O–H groups in total. The molecule has 1 spiro atoms. The quantitative estimate of drug-likeness (QED) is 0.833. The van der Waals surface area contributed by atoms with Gasteiger partial charge in [0, 0.05) is 18.4 Å². The molecule has 0 aromatic heterocycles. The molecule has 0 bridgehead atoms. The van der Waals surface area contributed by atoms with Gasteiger partial charge in [-0.25, -0.2) is 0 Å². The van der Waals surface area contributed by atoms with Crippen molar-refractivity contribution in [1.82, 2.24) is 0 Å². The molecule has 0 radical (unpaired) electrons. The average Bonchev–Trinajstić information content (AvgIpc) is 3.10. The van der Waals surface area contributed by atoms with E-state index in [4.69, 9.17) is 19.0 Å². The third kappa shape index (κ3) is 3.61. The van der Waals surface area contributed by atoms with Crippen LogP contribution in [-0.2, 0) is 9.57 Å². The monoisotopic (exact) mass is 319 g/mol. The molecular weight excluding hydrogens is 294 g/mol. The molecule has 1 saturated heterocycles. The Bertz CT molecular complexity index is 589. The molecule has 2 heterocycles. The Morgan fingerprint density at radius 3 is 2.48 bits per heavy atom. The zero-order valence-corrected chi connectivity index (χ0v) is 14.3. The first-order valence-corrected chi connectivity index (χ1v) is 8.28. The maximum atomic E-state index is 5.92. The highest BCUT2D eigenvalue weighted by Gasteiger charge is 2.43. The van der Waals surface area contributed by atoms with Crippen molar-refractivity contribution in [2.75, 3.05) is 13.2 Å². The van der Waals surface area contributed by atoms with E-state index in [1.54, 1.807) is 0 Å². The summed E-state index contributed by atoms with van der Waals surface area (Å²) in [5, 5.41) is 4.29. The Labute approximate surface area is 137 Å². The van der Waals surface area contributed by atoms with E-state index < -0.39 is 0 Å². The Morgan fingerprint density at radius 2 is 1.83 bits per heavy atom. The fourth-order valence-electron chi connectivity index (χ4n) is 2.86. The van der Waals surface area contributed by atoms with Crippen LogP contribution in [-0.4, -0.2) is 36.7 Å². The topological polar surface area (TPSA) is 49.3 Å². The maximum absolute atomic E-state index is 5.92. The van der Waals surface area contributed by atoms with Gasteiger partial charge < -0.3 is 19.0 Å². The van der Waals surface area contributed by atoms with Crippen molar-refractivity contribution >= 4 is 5.71 Å². The maximum Gasteiger partial charge on any atom is 0.168 e. The fraction of sp³-hybridized carbons (Fsp3) is 0.611. The predicted molar refractivity (Wildman–Crippen MR) is 88.4 cm³/mol. The standard InChI is InChI=1S/C18H25NO4/c1-12(2)21-16-6-5-14(9-17(16)22-13(3)4)15-10-18(23-19-15)7-8-20-11-18/h5-6,9,12-13H,7-8,10-11H2,1-4H3. The molecule has 5 nitrogen and oxygen atoms in total. The minimum atomic E-state index is -0.262. The van der Waals surface area contributed by atoms with Crippen molar-refractivity contribution in [3.63, 3.8) is 0 Å². The van der Waals surface area contributed by atoms with Crippen molar-refractivity contribution in [3.05, 3.63) is 23.8 Å². The first-order valence-electron chi connectivity index (χ1n) is 8.28. The zero-order valence-electron chi connectivity index (χ0n) is 14.3. The van der Waals surface area contributed by atoms with Crippen molar-refractivity contribution in [1.29, 1.82) is 0 Å². The van der Waals surface area contributed by atoms with E-state index in [-0.39, 0.29) is 17.8 Å². The number of benzene rings is 1. The summed E-state index contributed by atoms with van der Waals surface area (Å²) >= 11 is 0. The third-order valence-corrected chi connectivity index (χ3v) is 3.91. The van der Waals surface area contributed by atoms with Crippen LogP contribution in [0.3, 0.4) is 0 Å². The lowest BCUT2D eigenvalue weighted by molar-refractivity contribution is -0.0237. The zero-order chi connectivity index (χ0) is 16.4. The number of rotatable bonds is 5. The largest absolute Gasteiger partial charge is 0.487 e. The highest BCUT2D eigenvalue weighted by Crippen LogP contribution is 2.36. The van der Waals surface area contributed by atoms with Gasteiger partial charge >= 0.3 is 0 Å². The molecule has 5 heteroatoms. The first-order chi connectivity index (χ1) is 11.0. The van der Waals surface area contributed by atoms with Gasteiger partial charge in [0.2, 0.25) is 0 Å². The summed E-state index contributed by atoms with van der Waals surface area (Å²) in [5.41, 5.74) is 1.70. The van der Waals surface area contributed by atoms with Crippen LogP contribution in [0.5, 0.6) is 11.5 Å². The summed E-state index contributed by atoms with van der Waals surface area (Å²) in [7, 11) is 0. The van der Waals surface area contributed by atoms with Crippen LogP contribution in [0.15, 0.2) is 23.4 Å². The SMILES string of the molecule is CC(C)Oc1ccc(C2=NOC3(CCOC3)C2)cc1OC(C)C. The van der Waals surface area contributed by atoms with E-state index in [2.05, 4.69) is 5.16 Å². The minimum Gasteiger partial charge on any atom is -0.487 e. The van der Waals surface area contributed by atoms with Gasteiger partial charge in [-0.15, -0.1) is 0 Å². The fourth-order valence-corrected chi connectivity index (χ4v) is 2.86. The molecule has 23 heavy (non-hydrogen) atoms. The summed E-state index contributed by atoms with van der Waals surface area (Å²) in [6, 6.07) is 5.96. The number of hydrogen-bond acceptors (Lipinski definition) is 5. The van der Waals surface area contributed by atoms with Crippen LogP contribution in [0, 0.1) is 0 Å². The van der Waals surface area contributed by atoms with Gasteiger partial charge in [0.1, 0.15) is 0 Å². The molecule has 3 rings (SSSR count). The summed E-state index contributed by atoms with van der Waals surface area (Å²) in [6.45, 7) is 9.38. The van der Waals surface area contributed by atoms with Crippen molar-refractivity contribution in [2.24, 2.45) is 5.16 Å². The van der Waals surface area contributed by atoms with E-state index in [9.17, 15) is 0 Å². The Morgan fingerprint density at radius 1 is 1.09 bits per heavy atom. The van der Waals surface area contributed by atoms with E-state index in [0.29, 0.717) is 6.61 Å². The lowest BCUT2D eigenvalue weighted by atomic mass is 9.93. The van der Waals surface area contributed by atoms with Crippen LogP contribution in [0.4, 0.5) is 0 Å². The molecular formula is C18H25NO4.